The average Bonchev–Trinajstić information content (AvgIpc) is 3.14. The number of carbonyl (C=O) groups is 3. The molecular weight excluding hydrogens is 364 g/mol. The minimum Gasteiger partial charge on any atom is -0.459 e. The van der Waals surface area contributed by atoms with Gasteiger partial charge in [0.05, 0.1) is 11.8 Å². The molecule has 0 radical (unpaired) electrons. The Morgan fingerprint density at radius 2 is 1.96 bits per heavy atom. The zero-order chi connectivity index (χ0) is 19.4. The normalized spacial score (nSPS) is 35.2. The van der Waals surface area contributed by atoms with Gasteiger partial charge in [-0.15, -0.1) is 0 Å². The molecule has 6 nitrogen and oxygen atoms in total. The maximum atomic E-state index is 13.3. The summed E-state index contributed by atoms with van der Waals surface area (Å²) in [5.74, 6) is -14.8. The van der Waals surface area contributed by atoms with Crippen LogP contribution in [0.4, 0.5) is 17.6 Å². The number of rotatable bonds is 6. The lowest BCUT2D eigenvalue weighted by atomic mass is 9.78. The van der Waals surface area contributed by atoms with Gasteiger partial charge >= 0.3 is 29.8 Å². The predicted octanol–water partition coefficient (Wildman–Crippen LogP) is 1.73. The second kappa shape index (κ2) is 5.95. The predicted molar refractivity (Wildman–Crippen MR) is 75.1 cm³/mol. The topological polar surface area (TPSA) is 78.9 Å². The summed E-state index contributed by atoms with van der Waals surface area (Å²) < 4.78 is 67.1. The Morgan fingerprint density at radius 3 is 2.54 bits per heavy atom. The Labute approximate surface area is 145 Å². The second-order valence-electron chi connectivity index (χ2n) is 6.82. The molecule has 144 valence electrons. The van der Waals surface area contributed by atoms with E-state index in [1.54, 1.807) is 0 Å². The molecule has 2 bridgehead atoms. The summed E-state index contributed by atoms with van der Waals surface area (Å²) in [5.41, 5.74) is 0. The van der Waals surface area contributed by atoms with E-state index in [0.717, 1.165) is 6.08 Å². The van der Waals surface area contributed by atoms with Crippen molar-refractivity contribution in [1.82, 2.24) is 0 Å². The first-order valence-electron chi connectivity index (χ1n) is 7.94. The number of hydrogen-bond acceptors (Lipinski definition) is 6. The highest BCUT2D eigenvalue weighted by Gasteiger charge is 2.70. The van der Waals surface area contributed by atoms with E-state index in [2.05, 4.69) is 11.3 Å². The summed E-state index contributed by atoms with van der Waals surface area (Å²) in [6.45, 7) is 1.45. The van der Waals surface area contributed by atoms with E-state index in [9.17, 15) is 31.9 Å². The summed E-state index contributed by atoms with van der Waals surface area (Å²) >= 11 is 0. The van der Waals surface area contributed by atoms with Gasteiger partial charge in [0.15, 0.2) is 6.61 Å². The third-order valence-electron chi connectivity index (χ3n) is 5.27. The van der Waals surface area contributed by atoms with Crippen LogP contribution in [-0.4, -0.2) is 48.6 Å². The van der Waals surface area contributed by atoms with Crippen molar-refractivity contribution in [3.8, 4) is 0 Å². The lowest BCUT2D eigenvalue weighted by Gasteiger charge is -2.30. The standard InChI is InChI=1S/C16H16F4O6/c1-3-8(21)25-11-6-4-7-10(14(23)26-12(7)11)9(6)13(22)24-5-16(19,20)15(2,17)18/h3,6-7,9-12H,1,4-5H2,2H3. The van der Waals surface area contributed by atoms with Crippen LogP contribution < -0.4 is 0 Å². The van der Waals surface area contributed by atoms with E-state index >= 15 is 0 Å². The van der Waals surface area contributed by atoms with E-state index in [1.165, 1.54) is 0 Å². The number of halogens is 4. The van der Waals surface area contributed by atoms with Crippen molar-refractivity contribution in [1.29, 1.82) is 0 Å². The number of carbonyl (C=O) groups excluding carboxylic acids is 3. The van der Waals surface area contributed by atoms with Gasteiger partial charge in [-0.25, -0.2) is 13.6 Å². The summed E-state index contributed by atoms with van der Waals surface area (Å²) in [6.07, 6.45) is -0.445. The molecule has 0 N–H and O–H groups in total. The molecule has 1 saturated heterocycles. The molecule has 0 aromatic heterocycles. The molecule has 6 unspecified atom stereocenters. The zero-order valence-corrected chi connectivity index (χ0v) is 13.6. The second-order valence-corrected chi connectivity index (χ2v) is 6.82. The van der Waals surface area contributed by atoms with Gasteiger partial charge in [-0.05, 0) is 6.42 Å². The summed E-state index contributed by atoms with van der Waals surface area (Å²) in [6, 6.07) is 0. The highest BCUT2D eigenvalue weighted by Crippen LogP contribution is 2.59. The van der Waals surface area contributed by atoms with Gasteiger partial charge in [0.1, 0.15) is 12.2 Å². The maximum Gasteiger partial charge on any atom is 0.343 e. The van der Waals surface area contributed by atoms with E-state index in [0.29, 0.717) is 6.42 Å². The monoisotopic (exact) mass is 380 g/mol. The molecule has 3 aliphatic rings. The fourth-order valence-electron chi connectivity index (χ4n) is 4.04. The summed E-state index contributed by atoms with van der Waals surface area (Å²) in [7, 11) is 0. The van der Waals surface area contributed by atoms with Crippen molar-refractivity contribution in [3.05, 3.63) is 12.7 Å². The number of hydrogen-bond donors (Lipinski definition) is 0. The third kappa shape index (κ3) is 2.75. The van der Waals surface area contributed by atoms with Crippen LogP contribution in [-0.2, 0) is 28.6 Å². The number of ether oxygens (including phenoxy) is 3. The van der Waals surface area contributed by atoms with E-state index in [4.69, 9.17) is 9.47 Å². The van der Waals surface area contributed by atoms with Crippen molar-refractivity contribution in [3.63, 3.8) is 0 Å². The number of fused-ring (bicyclic) bond motifs is 1. The van der Waals surface area contributed by atoms with Gasteiger partial charge in [-0.2, -0.15) is 8.78 Å². The van der Waals surface area contributed by atoms with Crippen LogP contribution in [0.3, 0.4) is 0 Å². The Bertz CT molecular complexity index is 658. The van der Waals surface area contributed by atoms with Crippen molar-refractivity contribution < 1.29 is 46.2 Å². The maximum absolute atomic E-state index is 13.3. The minimum atomic E-state index is -4.55. The third-order valence-corrected chi connectivity index (χ3v) is 5.27. The highest BCUT2D eigenvalue weighted by atomic mass is 19.3. The summed E-state index contributed by atoms with van der Waals surface area (Å²) in [4.78, 5) is 35.7. The first kappa shape index (κ1) is 18.7. The van der Waals surface area contributed by atoms with Gasteiger partial charge in [0.2, 0.25) is 0 Å². The quantitative estimate of drug-likeness (QED) is 0.302. The van der Waals surface area contributed by atoms with Gasteiger partial charge < -0.3 is 14.2 Å². The molecule has 6 atom stereocenters. The van der Waals surface area contributed by atoms with Gasteiger partial charge in [-0.3, -0.25) is 9.59 Å². The Morgan fingerprint density at radius 1 is 1.31 bits per heavy atom. The number of esters is 3. The lowest BCUT2D eigenvalue weighted by Crippen LogP contribution is -2.46. The van der Waals surface area contributed by atoms with Crippen LogP contribution >= 0.6 is 0 Å². The fraction of sp³-hybridized carbons (Fsp3) is 0.688. The molecule has 0 amide bonds. The first-order valence-corrected chi connectivity index (χ1v) is 7.94. The first-order chi connectivity index (χ1) is 12.0. The van der Waals surface area contributed by atoms with Crippen LogP contribution in [0.5, 0.6) is 0 Å². The minimum absolute atomic E-state index is 0.0159. The molecule has 26 heavy (non-hydrogen) atoms. The van der Waals surface area contributed by atoms with Crippen LogP contribution in [0.15, 0.2) is 12.7 Å². The van der Waals surface area contributed by atoms with Crippen LogP contribution in [0.1, 0.15) is 13.3 Å². The van der Waals surface area contributed by atoms with E-state index in [1.807, 2.05) is 0 Å². The molecule has 1 aliphatic heterocycles. The largest absolute Gasteiger partial charge is 0.459 e. The van der Waals surface area contributed by atoms with Gasteiger partial charge in [0.25, 0.3) is 0 Å². The van der Waals surface area contributed by atoms with E-state index < -0.39 is 72.2 Å². The smallest absolute Gasteiger partial charge is 0.343 e. The molecule has 2 saturated carbocycles. The SMILES string of the molecule is C=CC(=O)OC1C2CC3C1OC(=O)C3C2C(=O)OCC(F)(F)C(C)(F)F. The molecule has 3 fully saturated rings. The molecule has 0 spiro atoms. The van der Waals surface area contributed by atoms with Crippen molar-refractivity contribution in [2.45, 2.75) is 37.4 Å². The molecule has 0 aromatic rings. The molecular formula is C16H16F4O6. The molecule has 0 aromatic carbocycles. The van der Waals surface area contributed by atoms with Crippen molar-refractivity contribution in [2.75, 3.05) is 6.61 Å². The lowest BCUT2D eigenvalue weighted by molar-refractivity contribution is -0.225. The van der Waals surface area contributed by atoms with Crippen molar-refractivity contribution >= 4 is 17.9 Å². The molecule has 2 aliphatic carbocycles. The number of alkyl halides is 4. The van der Waals surface area contributed by atoms with E-state index in [-0.39, 0.29) is 6.92 Å². The van der Waals surface area contributed by atoms with Crippen LogP contribution in [0, 0.1) is 23.7 Å². The molecule has 10 heteroatoms. The summed E-state index contributed by atoms with van der Waals surface area (Å²) in [5, 5.41) is 0. The van der Waals surface area contributed by atoms with Crippen LogP contribution in [0.25, 0.3) is 0 Å². The van der Waals surface area contributed by atoms with Crippen LogP contribution in [0.2, 0.25) is 0 Å². The fourth-order valence-corrected chi connectivity index (χ4v) is 4.04. The Balaban J connectivity index is 1.75. The zero-order valence-electron chi connectivity index (χ0n) is 13.6. The Kier molecular flexibility index (Phi) is 4.27. The Hall–Kier alpha value is -2.13. The van der Waals surface area contributed by atoms with Gasteiger partial charge in [-0.1, -0.05) is 6.58 Å². The molecule has 1 heterocycles. The highest BCUT2D eigenvalue weighted by molar-refractivity contribution is 5.87. The van der Waals surface area contributed by atoms with Gasteiger partial charge in [0, 0.05) is 24.8 Å². The van der Waals surface area contributed by atoms with Crippen molar-refractivity contribution in [2.24, 2.45) is 23.7 Å². The molecule has 3 rings (SSSR count). The average molecular weight is 380 g/mol.